The SMILES string of the molecule is N=c1ccccc(CC=Cc2cccs2)n1.[H+]. The summed E-state index contributed by atoms with van der Waals surface area (Å²) in [6.45, 7) is 0. The number of aromatic nitrogens is 1. The largest absolute Gasteiger partial charge is 1.00 e. The van der Waals surface area contributed by atoms with Crippen LogP contribution in [0, 0.1) is 5.41 Å². The van der Waals surface area contributed by atoms with Crippen molar-refractivity contribution in [3.63, 3.8) is 0 Å². The normalized spacial score (nSPS) is 10.8. The molecule has 2 nitrogen and oxygen atoms in total. The summed E-state index contributed by atoms with van der Waals surface area (Å²) in [6, 6.07) is 11.5. The lowest BCUT2D eigenvalue weighted by molar-refractivity contribution is 1.03. The molecule has 0 aromatic carbocycles. The van der Waals surface area contributed by atoms with Gasteiger partial charge in [0.15, 0.2) is 0 Å². The standard InChI is InChI=1S/C13H12N2S/c14-13-9-2-1-5-11(15-13)6-3-7-12-8-4-10-16-12/h1-5,7-10,14H,6H2/p+1. The topological polar surface area (TPSA) is 36.7 Å². The van der Waals surface area contributed by atoms with Gasteiger partial charge in [-0.3, -0.25) is 5.41 Å². The van der Waals surface area contributed by atoms with E-state index in [4.69, 9.17) is 5.41 Å². The second kappa shape index (κ2) is 5.37. The summed E-state index contributed by atoms with van der Waals surface area (Å²) in [5, 5.41) is 9.56. The molecule has 0 saturated carbocycles. The molecular formula is C13H13N2S+. The van der Waals surface area contributed by atoms with Crippen LogP contribution in [0.15, 0.2) is 47.9 Å². The van der Waals surface area contributed by atoms with Crippen molar-refractivity contribution in [2.75, 3.05) is 0 Å². The molecular weight excluding hydrogens is 216 g/mol. The van der Waals surface area contributed by atoms with Gasteiger partial charge in [0.05, 0.1) is 0 Å². The van der Waals surface area contributed by atoms with E-state index in [9.17, 15) is 0 Å². The summed E-state index contributed by atoms with van der Waals surface area (Å²) in [5.74, 6) is 0. The molecule has 2 heterocycles. The molecule has 0 aliphatic rings. The zero-order valence-corrected chi connectivity index (χ0v) is 9.58. The van der Waals surface area contributed by atoms with Gasteiger partial charge >= 0.3 is 1.43 Å². The van der Waals surface area contributed by atoms with Gasteiger partial charge in [-0.1, -0.05) is 24.3 Å². The van der Waals surface area contributed by atoms with Crippen LogP contribution in [0.5, 0.6) is 0 Å². The number of nitrogens with zero attached hydrogens (tertiary/aromatic N) is 1. The van der Waals surface area contributed by atoms with Gasteiger partial charge in [0.25, 0.3) is 0 Å². The highest BCUT2D eigenvalue weighted by Crippen LogP contribution is 2.10. The van der Waals surface area contributed by atoms with Gasteiger partial charge < -0.3 is 0 Å². The quantitative estimate of drug-likeness (QED) is 0.863. The van der Waals surface area contributed by atoms with E-state index in [0.717, 1.165) is 12.1 Å². The molecule has 80 valence electrons. The van der Waals surface area contributed by atoms with Gasteiger partial charge in [0, 0.05) is 17.0 Å². The van der Waals surface area contributed by atoms with Crippen LogP contribution in [-0.2, 0) is 6.42 Å². The number of allylic oxidation sites excluding steroid dienone is 1. The number of nitrogens with one attached hydrogen (secondary N) is 1. The zero-order chi connectivity index (χ0) is 11.2. The molecule has 0 unspecified atom stereocenters. The maximum Gasteiger partial charge on any atom is 1.00 e. The Morgan fingerprint density at radius 3 is 2.94 bits per heavy atom. The van der Waals surface area contributed by atoms with Crippen molar-refractivity contribution in [1.82, 2.24) is 4.98 Å². The second-order valence-corrected chi connectivity index (χ2v) is 4.31. The van der Waals surface area contributed by atoms with Crippen LogP contribution >= 0.6 is 11.3 Å². The van der Waals surface area contributed by atoms with E-state index in [1.54, 1.807) is 17.4 Å². The first-order valence-corrected chi connectivity index (χ1v) is 5.93. The van der Waals surface area contributed by atoms with Gasteiger partial charge in [-0.2, -0.15) is 0 Å². The molecule has 0 fully saturated rings. The predicted octanol–water partition coefficient (Wildman–Crippen LogP) is 2.99. The first-order chi connectivity index (χ1) is 7.84. The minimum Gasteiger partial charge on any atom is -0.283 e. The van der Waals surface area contributed by atoms with Crippen LogP contribution < -0.4 is 5.49 Å². The monoisotopic (exact) mass is 229 g/mol. The second-order valence-electron chi connectivity index (χ2n) is 3.33. The van der Waals surface area contributed by atoms with Crippen molar-refractivity contribution in [2.24, 2.45) is 0 Å². The summed E-state index contributed by atoms with van der Waals surface area (Å²) < 4.78 is 0. The number of hydrogen-bond donors (Lipinski definition) is 1. The molecule has 2 rings (SSSR count). The van der Waals surface area contributed by atoms with Crippen LogP contribution in [0.2, 0.25) is 0 Å². The lowest BCUT2D eigenvalue weighted by Gasteiger charge is -1.89. The molecule has 1 N–H and O–H groups in total. The van der Waals surface area contributed by atoms with Gasteiger partial charge in [0.1, 0.15) is 5.49 Å². The average molecular weight is 229 g/mol. The van der Waals surface area contributed by atoms with Crippen molar-refractivity contribution in [3.05, 3.63) is 63.9 Å². The highest BCUT2D eigenvalue weighted by molar-refractivity contribution is 7.10. The van der Waals surface area contributed by atoms with Gasteiger partial charge in [-0.25, -0.2) is 4.98 Å². The first kappa shape index (κ1) is 10.8. The van der Waals surface area contributed by atoms with Gasteiger partial charge in [0.2, 0.25) is 0 Å². The number of hydrogen-bond acceptors (Lipinski definition) is 3. The molecule has 0 aliphatic carbocycles. The molecule has 0 spiro atoms. The highest BCUT2D eigenvalue weighted by Gasteiger charge is 1.89. The Morgan fingerprint density at radius 1 is 1.25 bits per heavy atom. The molecule has 0 atom stereocenters. The van der Waals surface area contributed by atoms with E-state index in [2.05, 4.69) is 28.6 Å². The summed E-state index contributed by atoms with van der Waals surface area (Å²) >= 11 is 1.71. The van der Waals surface area contributed by atoms with Crippen LogP contribution in [0.25, 0.3) is 6.08 Å². The molecule has 0 amide bonds. The Kier molecular flexibility index (Phi) is 3.62. The fraction of sp³-hybridized carbons (Fsp3) is 0.0769. The lowest BCUT2D eigenvalue weighted by atomic mass is 10.2. The molecule has 0 radical (unpaired) electrons. The minimum atomic E-state index is 0. The van der Waals surface area contributed by atoms with Gasteiger partial charge in [-0.05, 0) is 29.7 Å². The van der Waals surface area contributed by atoms with Crippen LogP contribution in [0.1, 0.15) is 12.0 Å². The maximum atomic E-state index is 7.50. The lowest BCUT2D eigenvalue weighted by Crippen LogP contribution is -2.01. The van der Waals surface area contributed by atoms with E-state index < -0.39 is 0 Å². The molecule has 3 heteroatoms. The van der Waals surface area contributed by atoms with Crippen molar-refractivity contribution in [3.8, 4) is 0 Å². The fourth-order valence-electron chi connectivity index (χ4n) is 1.34. The van der Waals surface area contributed by atoms with Crippen molar-refractivity contribution in [2.45, 2.75) is 6.42 Å². The Morgan fingerprint density at radius 2 is 2.12 bits per heavy atom. The van der Waals surface area contributed by atoms with E-state index in [1.165, 1.54) is 4.88 Å². The van der Waals surface area contributed by atoms with E-state index in [-0.39, 0.29) is 1.43 Å². The zero-order valence-electron chi connectivity index (χ0n) is 9.76. The summed E-state index contributed by atoms with van der Waals surface area (Å²) in [7, 11) is 0. The van der Waals surface area contributed by atoms with Crippen molar-refractivity contribution in [1.29, 1.82) is 5.41 Å². The Labute approximate surface area is 99.9 Å². The van der Waals surface area contributed by atoms with Crippen molar-refractivity contribution >= 4 is 17.4 Å². The minimum absolute atomic E-state index is 0. The first-order valence-electron chi connectivity index (χ1n) is 5.05. The molecule has 0 bridgehead atoms. The van der Waals surface area contributed by atoms with Crippen LogP contribution in [-0.4, -0.2) is 4.98 Å². The van der Waals surface area contributed by atoms with Crippen LogP contribution in [0.3, 0.4) is 0 Å². The van der Waals surface area contributed by atoms with Crippen molar-refractivity contribution < 1.29 is 1.43 Å². The molecule has 2 aromatic rings. The van der Waals surface area contributed by atoms with E-state index in [0.29, 0.717) is 5.49 Å². The predicted molar refractivity (Wildman–Crippen MR) is 68.3 cm³/mol. The third kappa shape index (κ3) is 3.14. The Bertz CT molecular complexity index is 535. The fourth-order valence-corrected chi connectivity index (χ4v) is 1.98. The van der Waals surface area contributed by atoms with Crippen LogP contribution in [0.4, 0.5) is 0 Å². The Hall–Kier alpha value is -1.74. The summed E-state index contributed by atoms with van der Waals surface area (Å²) in [4.78, 5) is 5.42. The summed E-state index contributed by atoms with van der Waals surface area (Å²) in [6.07, 6.45) is 4.93. The molecule has 2 aromatic heterocycles. The third-order valence-electron chi connectivity index (χ3n) is 2.07. The molecule has 0 saturated heterocycles. The summed E-state index contributed by atoms with van der Waals surface area (Å²) in [5.41, 5.74) is 1.23. The smallest absolute Gasteiger partial charge is 0.283 e. The Balaban J connectivity index is 0.00000144. The number of rotatable bonds is 3. The van der Waals surface area contributed by atoms with E-state index in [1.807, 2.05) is 24.3 Å². The van der Waals surface area contributed by atoms with E-state index >= 15 is 0 Å². The third-order valence-corrected chi connectivity index (χ3v) is 2.91. The molecule has 0 aliphatic heterocycles. The number of thiophene rings is 1. The highest BCUT2D eigenvalue weighted by atomic mass is 32.1. The maximum absolute atomic E-state index is 7.50. The van der Waals surface area contributed by atoms with Gasteiger partial charge in [-0.15, -0.1) is 11.3 Å². The average Bonchev–Trinajstić information content (AvgIpc) is 2.69. The molecule has 16 heavy (non-hydrogen) atoms.